The van der Waals surface area contributed by atoms with Crippen LogP contribution in [0, 0.1) is 0 Å². The number of aryl methyl sites for hydroxylation is 1. The van der Waals surface area contributed by atoms with E-state index >= 15 is 0 Å². The molecular formula is C22H19Cl2N3O4. The SMILES string of the molecule is O=C(COC(=O)c1ccc2c(=O)n3c(nc2c1)CCC3)NCCc1ccc(Cl)cc1Cl. The second kappa shape index (κ2) is 9.08. The molecule has 4 rings (SSSR count). The fourth-order valence-electron chi connectivity index (χ4n) is 3.54. The van der Waals surface area contributed by atoms with Gasteiger partial charge in [0.2, 0.25) is 0 Å². The van der Waals surface area contributed by atoms with E-state index in [1.54, 1.807) is 28.8 Å². The third-order valence-corrected chi connectivity index (χ3v) is 5.71. The molecule has 1 N–H and O–H groups in total. The van der Waals surface area contributed by atoms with Crippen LogP contribution in [0.4, 0.5) is 0 Å². The summed E-state index contributed by atoms with van der Waals surface area (Å²) in [5, 5.41) is 4.22. The first-order valence-corrected chi connectivity index (χ1v) is 10.6. The van der Waals surface area contributed by atoms with Crippen LogP contribution in [-0.2, 0) is 28.9 Å². The van der Waals surface area contributed by atoms with Crippen LogP contribution in [0.25, 0.3) is 10.9 Å². The van der Waals surface area contributed by atoms with Gasteiger partial charge in [0, 0.05) is 29.6 Å². The van der Waals surface area contributed by atoms with Gasteiger partial charge in [-0.1, -0.05) is 29.3 Å². The lowest BCUT2D eigenvalue weighted by Gasteiger charge is -2.09. The minimum atomic E-state index is -0.653. The van der Waals surface area contributed by atoms with Crippen LogP contribution in [0.1, 0.15) is 28.2 Å². The number of ether oxygens (including phenoxy) is 1. The Morgan fingerprint density at radius 3 is 2.81 bits per heavy atom. The van der Waals surface area contributed by atoms with Crippen LogP contribution in [0.3, 0.4) is 0 Å². The molecule has 2 aromatic carbocycles. The van der Waals surface area contributed by atoms with Crippen LogP contribution in [0.5, 0.6) is 0 Å². The maximum absolute atomic E-state index is 12.5. The summed E-state index contributed by atoms with van der Waals surface area (Å²) in [5.74, 6) is -0.350. The second-order valence-electron chi connectivity index (χ2n) is 7.23. The fourth-order valence-corrected chi connectivity index (χ4v) is 4.04. The number of halogens is 2. The Balaban J connectivity index is 1.33. The largest absolute Gasteiger partial charge is 0.452 e. The van der Waals surface area contributed by atoms with Crippen molar-refractivity contribution in [1.29, 1.82) is 0 Å². The van der Waals surface area contributed by atoms with E-state index in [4.69, 9.17) is 27.9 Å². The highest BCUT2D eigenvalue weighted by molar-refractivity contribution is 6.35. The number of nitrogens with one attached hydrogen (secondary N) is 1. The molecule has 1 aliphatic heterocycles. The summed E-state index contributed by atoms with van der Waals surface area (Å²) in [5.41, 5.74) is 1.45. The summed E-state index contributed by atoms with van der Waals surface area (Å²) in [4.78, 5) is 41.3. The van der Waals surface area contributed by atoms with Crippen LogP contribution >= 0.6 is 23.2 Å². The number of hydrogen-bond acceptors (Lipinski definition) is 5. The number of amides is 1. The number of carbonyl (C=O) groups is 2. The smallest absolute Gasteiger partial charge is 0.338 e. The number of fused-ring (bicyclic) bond motifs is 2. The standard InChI is InChI=1S/C22H19Cl2N3O4/c23-15-5-3-13(17(24)11-15)7-8-25-20(28)12-31-22(30)14-4-6-16-18(10-14)26-19-2-1-9-27(19)21(16)29/h3-6,10-11H,1-2,7-9,12H2,(H,25,28). The summed E-state index contributed by atoms with van der Waals surface area (Å²) < 4.78 is 6.77. The lowest BCUT2D eigenvalue weighted by molar-refractivity contribution is -0.124. The average Bonchev–Trinajstić information content (AvgIpc) is 3.22. The number of benzene rings is 2. The molecule has 160 valence electrons. The Bertz CT molecular complexity index is 1240. The van der Waals surface area contributed by atoms with E-state index in [1.807, 2.05) is 0 Å². The quantitative estimate of drug-likeness (QED) is 0.571. The molecule has 31 heavy (non-hydrogen) atoms. The zero-order valence-corrected chi connectivity index (χ0v) is 18.0. The van der Waals surface area contributed by atoms with Gasteiger partial charge in [0.1, 0.15) is 5.82 Å². The van der Waals surface area contributed by atoms with Crippen molar-refractivity contribution in [2.75, 3.05) is 13.2 Å². The zero-order chi connectivity index (χ0) is 22.0. The third kappa shape index (κ3) is 4.73. The molecule has 2 heterocycles. The topological polar surface area (TPSA) is 90.3 Å². The Morgan fingerprint density at radius 2 is 2.00 bits per heavy atom. The predicted octanol–water partition coefficient (Wildman–Crippen LogP) is 3.17. The first kappa shape index (κ1) is 21.3. The number of nitrogens with zero attached hydrogens (tertiary/aromatic N) is 2. The van der Waals surface area contributed by atoms with Crippen LogP contribution in [-0.4, -0.2) is 34.6 Å². The van der Waals surface area contributed by atoms with Crippen molar-refractivity contribution in [1.82, 2.24) is 14.9 Å². The van der Waals surface area contributed by atoms with E-state index in [2.05, 4.69) is 10.3 Å². The summed E-state index contributed by atoms with van der Waals surface area (Å²) in [6, 6.07) is 9.78. The molecule has 0 saturated heterocycles. The summed E-state index contributed by atoms with van der Waals surface area (Å²) in [7, 11) is 0. The Kier molecular flexibility index (Phi) is 6.25. The molecule has 0 bridgehead atoms. The van der Waals surface area contributed by atoms with Gasteiger partial charge >= 0.3 is 5.97 Å². The van der Waals surface area contributed by atoms with E-state index in [0.717, 1.165) is 24.2 Å². The molecule has 1 aliphatic rings. The number of rotatable bonds is 6. The van der Waals surface area contributed by atoms with Crippen molar-refractivity contribution in [3.05, 3.63) is 73.7 Å². The maximum atomic E-state index is 12.5. The van der Waals surface area contributed by atoms with E-state index in [1.165, 1.54) is 12.1 Å². The van der Waals surface area contributed by atoms with Gasteiger partial charge in [0.05, 0.1) is 16.5 Å². The first-order chi connectivity index (χ1) is 14.9. The minimum Gasteiger partial charge on any atom is -0.452 e. The molecule has 3 aromatic rings. The summed E-state index contributed by atoms with van der Waals surface area (Å²) in [6.07, 6.45) is 2.14. The molecule has 0 saturated carbocycles. The van der Waals surface area contributed by atoms with E-state index in [0.29, 0.717) is 40.5 Å². The van der Waals surface area contributed by atoms with Gasteiger partial charge in [-0.25, -0.2) is 9.78 Å². The Morgan fingerprint density at radius 1 is 1.16 bits per heavy atom. The van der Waals surface area contributed by atoms with Gasteiger partial charge in [-0.05, 0) is 48.7 Å². The molecule has 0 aliphatic carbocycles. The third-order valence-electron chi connectivity index (χ3n) is 5.12. The highest BCUT2D eigenvalue weighted by Crippen LogP contribution is 2.21. The number of aromatic nitrogens is 2. The van der Waals surface area contributed by atoms with Crippen molar-refractivity contribution in [2.24, 2.45) is 0 Å². The molecular weight excluding hydrogens is 441 g/mol. The van der Waals surface area contributed by atoms with Gasteiger partial charge in [-0.2, -0.15) is 0 Å². The molecule has 1 amide bonds. The van der Waals surface area contributed by atoms with E-state index in [9.17, 15) is 14.4 Å². The molecule has 0 atom stereocenters. The molecule has 0 radical (unpaired) electrons. The van der Waals surface area contributed by atoms with Crippen LogP contribution < -0.4 is 10.9 Å². The number of hydrogen-bond donors (Lipinski definition) is 1. The van der Waals surface area contributed by atoms with Crippen LogP contribution in [0.15, 0.2) is 41.2 Å². The molecule has 0 fully saturated rings. The van der Waals surface area contributed by atoms with Crippen LogP contribution in [0.2, 0.25) is 10.0 Å². The number of esters is 1. The van der Waals surface area contributed by atoms with Crippen molar-refractivity contribution in [2.45, 2.75) is 25.8 Å². The molecule has 7 nitrogen and oxygen atoms in total. The highest BCUT2D eigenvalue weighted by atomic mass is 35.5. The minimum absolute atomic E-state index is 0.0995. The average molecular weight is 460 g/mol. The van der Waals surface area contributed by atoms with Crippen molar-refractivity contribution in [3.63, 3.8) is 0 Å². The fraction of sp³-hybridized carbons (Fsp3) is 0.273. The van der Waals surface area contributed by atoms with Gasteiger partial charge in [-0.3, -0.25) is 14.2 Å². The second-order valence-corrected chi connectivity index (χ2v) is 8.08. The Hall–Kier alpha value is -2.90. The first-order valence-electron chi connectivity index (χ1n) is 9.83. The van der Waals surface area contributed by atoms with Gasteiger partial charge in [0.15, 0.2) is 6.61 Å². The molecule has 0 spiro atoms. The molecule has 9 heteroatoms. The molecule has 0 unspecified atom stereocenters. The van der Waals surface area contributed by atoms with Crippen molar-refractivity contribution in [3.8, 4) is 0 Å². The van der Waals surface area contributed by atoms with Crippen molar-refractivity contribution >= 4 is 46.0 Å². The van der Waals surface area contributed by atoms with Gasteiger partial charge < -0.3 is 10.1 Å². The Labute approximate surface area is 187 Å². The normalized spacial score (nSPS) is 12.6. The lowest BCUT2D eigenvalue weighted by atomic mass is 10.1. The summed E-state index contributed by atoms with van der Waals surface area (Å²) in [6.45, 7) is 0.596. The monoisotopic (exact) mass is 459 g/mol. The highest BCUT2D eigenvalue weighted by Gasteiger charge is 2.18. The maximum Gasteiger partial charge on any atom is 0.338 e. The van der Waals surface area contributed by atoms with Crippen molar-refractivity contribution < 1.29 is 14.3 Å². The zero-order valence-electron chi connectivity index (χ0n) is 16.5. The van der Waals surface area contributed by atoms with E-state index in [-0.39, 0.29) is 11.1 Å². The van der Waals surface area contributed by atoms with Gasteiger partial charge in [-0.15, -0.1) is 0 Å². The number of carbonyl (C=O) groups excluding carboxylic acids is 2. The van der Waals surface area contributed by atoms with E-state index < -0.39 is 18.5 Å². The summed E-state index contributed by atoms with van der Waals surface area (Å²) >= 11 is 12.0. The molecule has 1 aromatic heterocycles. The lowest BCUT2D eigenvalue weighted by Crippen LogP contribution is -2.30. The van der Waals surface area contributed by atoms with Gasteiger partial charge in [0.25, 0.3) is 11.5 Å². The predicted molar refractivity (Wildman–Crippen MR) is 118 cm³/mol.